The van der Waals surface area contributed by atoms with Crippen LogP contribution >= 0.6 is 0 Å². The van der Waals surface area contributed by atoms with Gasteiger partial charge in [-0.2, -0.15) is 0 Å². The Morgan fingerprint density at radius 1 is 1.13 bits per heavy atom. The highest BCUT2D eigenvalue weighted by molar-refractivity contribution is 5.84. The average Bonchev–Trinajstić information content (AvgIpc) is 2.74. The summed E-state index contributed by atoms with van der Waals surface area (Å²) in [7, 11) is 7.45. The van der Waals surface area contributed by atoms with Gasteiger partial charge in [0, 0.05) is 60.6 Å². The normalized spacial score (nSPS) is 15.7. The smallest absolute Gasteiger partial charge is 0.243 e. The predicted octanol–water partition coefficient (Wildman–Crippen LogP) is 1.52. The Morgan fingerprint density at radius 3 is 2.50 bits per heavy atom. The maximum absolute atomic E-state index is 12.0. The highest BCUT2D eigenvalue weighted by Gasteiger charge is 2.21. The minimum atomic E-state index is 0.0242. The molecule has 0 aromatic rings. The molecule has 0 unspecified atom stereocenters. The number of hydrogen-bond donors (Lipinski definition) is 1. The minimum absolute atomic E-state index is 0.0242. The van der Waals surface area contributed by atoms with E-state index in [0.717, 1.165) is 70.8 Å². The number of amides is 1. The summed E-state index contributed by atoms with van der Waals surface area (Å²) in [6, 6.07) is 0. The zero-order valence-corrected chi connectivity index (χ0v) is 20.0. The SMILES string of the molecule is CCOCCCNC(=NCC(=O)N(C)C)N1CCC(CCCN(C)CCOC)CC1. The van der Waals surface area contributed by atoms with E-state index in [1.807, 2.05) is 6.92 Å². The molecule has 1 heterocycles. The summed E-state index contributed by atoms with van der Waals surface area (Å²) < 4.78 is 10.6. The van der Waals surface area contributed by atoms with E-state index in [9.17, 15) is 4.79 Å². The molecule has 30 heavy (non-hydrogen) atoms. The number of guanidine groups is 1. The largest absolute Gasteiger partial charge is 0.383 e. The first-order chi connectivity index (χ1) is 14.5. The summed E-state index contributed by atoms with van der Waals surface area (Å²) in [5.74, 6) is 1.66. The lowest BCUT2D eigenvalue weighted by Gasteiger charge is -2.34. The van der Waals surface area contributed by atoms with Gasteiger partial charge in [-0.3, -0.25) is 4.79 Å². The number of likely N-dealkylation sites (tertiary alicyclic amines) is 1. The summed E-state index contributed by atoms with van der Waals surface area (Å²) in [5, 5.41) is 3.44. The first kappa shape index (κ1) is 26.7. The number of aliphatic imine (C=N–C) groups is 1. The molecule has 0 radical (unpaired) electrons. The number of rotatable bonds is 14. The van der Waals surface area contributed by atoms with E-state index in [1.165, 1.54) is 25.7 Å². The molecule has 8 nitrogen and oxygen atoms in total. The van der Waals surface area contributed by atoms with Crippen molar-refractivity contribution in [1.82, 2.24) is 20.0 Å². The topological polar surface area (TPSA) is 69.6 Å². The third-order valence-corrected chi connectivity index (χ3v) is 5.56. The van der Waals surface area contributed by atoms with Crippen LogP contribution < -0.4 is 5.32 Å². The van der Waals surface area contributed by atoms with E-state index in [1.54, 1.807) is 26.1 Å². The van der Waals surface area contributed by atoms with Gasteiger partial charge in [0.05, 0.1) is 6.61 Å². The van der Waals surface area contributed by atoms with Crippen LogP contribution in [-0.2, 0) is 14.3 Å². The third-order valence-electron chi connectivity index (χ3n) is 5.56. The number of nitrogens with zero attached hydrogens (tertiary/aromatic N) is 4. The van der Waals surface area contributed by atoms with E-state index in [0.29, 0.717) is 0 Å². The van der Waals surface area contributed by atoms with E-state index in [2.05, 4.69) is 27.2 Å². The lowest BCUT2D eigenvalue weighted by atomic mass is 9.92. The van der Waals surface area contributed by atoms with Gasteiger partial charge in [0.25, 0.3) is 0 Å². The molecule has 1 amide bonds. The van der Waals surface area contributed by atoms with Crippen molar-refractivity contribution in [1.29, 1.82) is 0 Å². The van der Waals surface area contributed by atoms with Gasteiger partial charge < -0.3 is 29.5 Å². The molecule has 176 valence electrons. The second kappa shape index (κ2) is 16.3. The molecule has 1 fully saturated rings. The number of nitrogens with one attached hydrogen (secondary N) is 1. The van der Waals surface area contributed by atoms with Crippen molar-refractivity contribution in [2.45, 2.75) is 39.0 Å². The van der Waals surface area contributed by atoms with Gasteiger partial charge in [0.15, 0.2) is 5.96 Å². The predicted molar refractivity (Wildman–Crippen MR) is 123 cm³/mol. The number of carbonyl (C=O) groups excluding carboxylic acids is 1. The van der Waals surface area contributed by atoms with Crippen molar-refractivity contribution in [2.24, 2.45) is 10.9 Å². The quantitative estimate of drug-likeness (QED) is 0.258. The minimum Gasteiger partial charge on any atom is -0.383 e. The molecule has 1 saturated heterocycles. The molecule has 1 rings (SSSR count). The molecule has 0 aliphatic carbocycles. The van der Waals surface area contributed by atoms with E-state index in [-0.39, 0.29) is 12.5 Å². The van der Waals surface area contributed by atoms with Crippen molar-refractivity contribution in [3.05, 3.63) is 0 Å². The summed E-state index contributed by atoms with van der Waals surface area (Å²) in [6.45, 7) is 9.41. The molecule has 0 saturated carbocycles. The monoisotopic (exact) mass is 427 g/mol. The summed E-state index contributed by atoms with van der Waals surface area (Å²) in [6.07, 6.45) is 5.81. The fraction of sp³-hybridized carbons (Fsp3) is 0.909. The zero-order valence-electron chi connectivity index (χ0n) is 20.0. The number of likely N-dealkylation sites (N-methyl/N-ethyl adjacent to an activating group) is 2. The van der Waals surface area contributed by atoms with Crippen LogP contribution in [0.25, 0.3) is 0 Å². The number of carbonyl (C=O) groups is 1. The zero-order chi connectivity index (χ0) is 22.2. The Bertz CT molecular complexity index is 479. The van der Waals surface area contributed by atoms with Crippen LogP contribution in [-0.4, -0.2) is 114 Å². The number of methoxy groups -OCH3 is 1. The van der Waals surface area contributed by atoms with E-state index < -0.39 is 0 Å². The Balaban J connectivity index is 2.43. The summed E-state index contributed by atoms with van der Waals surface area (Å²) >= 11 is 0. The van der Waals surface area contributed by atoms with Gasteiger partial charge >= 0.3 is 0 Å². The first-order valence-electron chi connectivity index (χ1n) is 11.5. The second-order valence-electron chi connectivity index (χ2n) is 8.27. The second-order valence-corrected chi connectivity index (χ2v) is 8.27. The first-order valence-corrected chi connectivity index (χ1v) is 11.5. The number of piperidine rings is 1. The van der Waals surface area contributed by atoms with Gasteiger partial charge in [0.2, 0.25) is 5.91 Å². The molecule has 0 atom stereocenters. The van der Waals surface area contributed by atoms with Gasteiger partial charge in [0.1, 0.15) is 6.54 Å². The third kappa shape index (κ3) is 11.7. The molecule has 1 aliphatic rings. The molecular weight excluding hydrogens is 382 g/mol. The fourth-order valence-corrected chi connectivity index (χ4v) is 3.51. The van der Waals surface area contributed by atoms with E-state index >= 15 is 0 Å². The average molecular weight is 428 g/mol. The molecule has 0 aromatic carbocycles. The van der Waals surface area contributed by atoms with E-state index in [4.69, 9.17) is 9.47 Å². The summed E-state index contributed by atoms with van der Waals surface area (Å²) in [4.78, 5) is 22.8. The van der Waals surface area contributed by atoms with Gasteiger partial charge in [-0.25, -0.2) is 4.99 Å². The van der Waals surface area contributed by atoms with Crippen LogP contribution in [0.5, 0.6) is 0 Å². The van der Waals surface area contributed by atoms with Crippen molar-refractivity contribution in [3.63, 3.8) is 0 Å². The van der Waals surface area contributed by atoms with Crippen molar-refractivity contribution in [3.8, 4) is 0 Å². The molecular formula is C22H45N5O3. The Kier molecular flexibility index (Phi) is 14.5. The molecule has 1 aliphatic heterocycles. The molecule has 1 N–H and O–H groups in total. The fourth-order valence-electron chi connectivity index (χ4n) is 3.51. The van der Waals surface area contributed by atoms with Crippen LogP contribution in [0.4, 0.5) is 0 Å². The van der Waals surface area contributed by atoms with Gasteiger partial charge in [-0.15, -0.1) is 0 Å². The van der Waals surface area contributed by atoms with Crippen molar-refractivity contribution >= 4 is 11.9 Å². The van der Waals surface area contributed by atoms with Crippen LogP contribution in [0.2, 0.25) is 0 Å². The Morgan fingerprint density at radius 2 is 1.87 bits per heavy atom. The Hall–Kier alpha value is -1.38. The van der Waals surface area contributed by atoms with Crippen molar-refractivity contribution in [2.75, 3.05) is 87.3 Å². The molecule has 0 aromatic heterocycles. The summed E-state index contributed by atoms with van der Waals surface area (Å²) in [5.41, 5.74) is 0. The lowest BCUT2D eigenvalue weighted by molar-refractivity contribution is -0.127. The molecule has 8 heteroatoms. The maximum atomic E-state index is 12.0. The van der Waals surface area contributed by atoms with Crippen LogP contribution in [0.3, 0.4) is 0 Å². The highest BCUT2D eigenvalue weighted by atomic mass is 16.5. The van der Waals surface area contributed by atoms with Crippen molar-refractivity contribution < 1.29 is 14.3 Å². The van der Waals surface area contributed by atoms with Crippen LogP contribution in [0.1, 0.15) is 39.0 Å². The van der Waals surface area contributed by atoms with Gasteiger partial charge in [-0.1, -0.05) is 0 Å². The van der Waals surface area contributed by atoms with Crippen LogP contribution in [0.15, 0.2) is 4.99 Å². The standard InChI is InChI=1S/C22H45N5O3/c1-6-30-17-8-12-23-22(24-19-21(28)25(2)3)27-14-10-20(11-15-27)9-7-13-26(4)16-18-29-5/h20H,6-19H2,1-5H3,(H,23,24). The number of hydrogen-bond acceptors (Lipinski definition) is 5. The van der Waals surface area contributed by atoms with Gasteiger partial charge in [-0.05, 0) is 58.5 Å². The van der Waals surface area contributed by atoms with Crippen LogP contribution in [0, 0.1) is 5.92 Å². The maximum Gasteiger partial charge on any atom is 0.243 e. The lowest BCUT2D eigenvalue weighted by Crippen LogP contribution is -2.46. The highest BCUT2D eigenvalue weighted by Crippen LogP contribution is 2.22. The molecule has 0 spiro atoms. The molecule has 0 bridgehead atoms. The number of ether oxygens (including phenoxy) is 2. The Labute approximate surface area is 184 Å².